The first-order valence-electron chi connectivity index (χ1n) is 7.93. The lowest BCUT2D eigenvalue weighted by Gasteiger charge is -2.32. The van der Waals surface area contributed by atoms with E-state index in [1.165, 1.54) is 6.92 Å². The number of carbonyl (C=O) groups excluding carboxylic acids is 2. The van der Waals surface area contributed by atoms with Crippen molar-refractivity contribution in [1.29, 1.82) is 0 Å². The third-order valence-electron chi connectivity index (χ3n) is 4.32. The summed E-state index contributed by atoms with van der Waals surface area (Å²) >= 11 is 5.99. The van der Waals surface area contributed by atoms with Gasteiger partial charge in [-0.25, -0.2) is 0 Å². The van der Waals surface area contributed by atoms with E-state index in [0.717, 1.165) is 19.3 Å². The maximum atomic E-state index is 12.3. The number of carboxylic acids is 1. The van der Waals surface area contributed by atoms with Crippen LogP contribution in [0.3, 0.4) is 0 Å². The molecule has 24 heavy (non-hydrogen) atoms. The van der Waals surface area contributed by atoms with Crippen LogP contribution >= 0.6 is 11.6 Å². The highest BCUT2D eigenvalue weighted by Crippen LogP contribution is 2.40. The predicted molar refractivity (Wildman–Crippen MR) is 92.2 cm³/mol. The largest absolute Gasteiger partial charge is 0.481 e. The van der Waals surface area contributed by atoms with E-state index in [1.807, 2.05) is 0 Å². The molecule has 2 rings (SSSR count). The number of amides is 2. The van der Waals surface area contributed by atoms with Gasteiger partial charge in [0.25, 0.3) is 0 Å². The Labute approximate surface area is 145 Å². The molecular weight excluding hydrogens is 332 g/mol. The molecule has 1 aromatic rings. The molecule has 0 bridgehead atoms. The summed E-state index contributed by atoms with van der Waals surface area (Å²) in [5.41, 5.74) is -0.119. The number of anilines is 2. The zero-order chi connectivity index (χ0) is 17.7. The lowest BCUT2D eigenvalue weighted by Crippen LogP contribution is -2.37. The second-order valence-electron chi connectivity index (χ2n) is 6.25. The summed E-state index contributed by atoms with van der Waals surface area (Å²) in [5, 5.41) is 15.2. The molecule has 2 amide bonds. The minimum Gasteiger partial charge on any atom is -0.481 e. The molecule has 0 aliphatic heterocycles. The quantitative estimate of drug-likeness (QED) is 0.753. The number of benzene rings is 1. The number of carbonyl (C=O) groups is 3. The van der Waals surface area contributed by atoms with Crippen LogP contribution in [0.5, 0.6) is 0 Å². The Morgan fingerprint density at radius 1 is 1.17 bits per heavy atom. The normalized spacial score (nSPS) is 16.2. The molecule has 0 radical (unpaired) electrons. The van der Waals surface area contributed by atoms with Crippen LogP contribution in [0.25, 0.3) is 0 Å². The van der Waals surface area contributed by atoms with Gasteiger partial charge in [0.1, 0.15) is 0 Å². The Balaban J connectivity index is 2.08. The first kappa shape index (κ1) is 18.3. The highest BCUT2D eigenvalue weighted by Gasteiger charge is 2.41. The molecule has 1 aliphatic carbocycles. The van der Waals surface area contributed by atoms with Crippen LogP contribution in [0, 0.1) is 5.41 Å². The van der Waals surface area contributed by atoms with Crippen molar-refractivity contribution in [2.75, 3.05) is 10.6 Å². The van der Waals surface area contributed by atoms with E-state index in [0.29, 0.717) is 29.2 Å². The Morgan fingerprint density at radius 2 is 1.83 bits per heavy atom. The monoisotopic (exact) mass is 352 g/mol. The van der Waals surface area contributed by atoms with Crippen molar-refractivity contribution in [3.8, 4) is 0 Å². The van der Waals surface area contributed by atoms with Gasteiger partial charge in [0.15, 0.2) is 0 Å². The number of rotatable bonds is 5. The van der Waals surface area contributed by atoms with E-state index < -0.39 is 11.4 Å². The van der Waals surface area contributed by atoms with Crippen LogP contribution in [0.2, 0.25) is 5.02 Å². The first-order valence-corrected chi connectivity index (χ1v) is 8.31. The van der Waals surface area contributed by atoms with Gasteiger partial charge in [-0.2, -0.15) is 0 Å². The maximum Gasteiger partial charge on any atom is 0.310 e. The van der Waals surface area contributed by atoms with E-state index in [2.05, 4.69) is 10.6 Å². The van der Waals surface area contributed by atoms with Crippen LogP contribution in [0.4, 0.5) is 11.4 Å². The topological polar surface area (TPSA) is 95.5 Å². The van der Waals surface area contributed by atoms with Crippen LogP contribution in [-0.4, -0.2) is 22.9 Å². The molecule has 3 N–H and O–H groups in total. The third kappa shape index (κ3) is 4.47. The Hall–Kier alpha value is -2.08. The highest BCUT2D eigenvalue weighted by atomic mass is 35.5. The van der Waals surface area contributed by atoms with Gasteiger partial charge in [-0.3, -0.25) is 14.4 Å². The molecule has 7 heteroatoms. The van der Waals surface area contributed by atoms with Crippen molar-refractivity contribution in [3.05, 3.63) is 23.2 Å². The number of nitrogens with one attached hydrogen (secondary N) is 2. The van der Waals surface area contributed by atoms with E-state index in [4.69, 9.17) is 11.6 Å². The molecular formula is C17H21ClN2O4. The molecule has 0 heterocycles. The van der Waals surface area contributed by atoms with Gasteiger partial charge in [-0.15, -0.1) is 0 Å². The van der Waals surface area contributed by atoms with E-state index in [1.54, 1.807) is 18.2 Å². The lowest BCUT2D eigenvalue weighted by atomic mass is 9.71. The van der Waals surface area contributed by atoms with E-state index in [9.17, 15) is 19.5 Å². The van der Waals surface area contributed by atoms with Crippen LogP contribution in [0.1, 0.15) is 45.4 Å². The van der Waals surface area contributed by atoms with Crippen molar-refractivity contribution in [3.63, 3.8) is 0 Å². The average Bonchev–Trinajstić information content (AvgIpc) is 2.51. The minimum atomic E-state index is -0.977. The van der Waals surface area contributed by atoms with Gasteiger partial charge in [0, 0.05) is 19.0 Å². The van der Waals surface area contributed by atoms with E-state index in [-0.39, 0.29) is 18.2 Å². The van der Waals surface area contributed by atoms with Gasteiger partial charge in [0.2, 0.25) is 11.8 Å². The summed E-state index contributed by atoms with van der Waals surface area (Å²) < 4.78 is 0. The second kappa shape index (κ2) is 7.66. The summed E-state index contributed by atoms with van der Waals surface area (Å²) in [6.45, 7) is 1.36. The molecule has 130 valence electrons. The summed E-state index contributed by atoms with van der Waals surface area (Å²) in [6, 6.07) is 4.73. The number of carboxylic acid groups (broad SMARTS) is 1. The Bertz CT molecular complexity index is 654. The summed E-state index contributed by atoms with van der Waals surface area (Å²) in [6.07, 6.45) is 3.65. The van der Waals surface area contributed by atoms with Gasteiger partial charge in [-0.1, -0.05) is 30.9 Å². The summed E-state index contributed by atoms with van der Waals surface area (Å²) in [4.78, 5) is 35.1. The SMILES string of the molecule is CC(=O)Nc1cc(NC(=O)CC2(C(=O)O)CCCCC2)ccc1Cl. The van der Waals surface area contributed by atoms with Crippen LogP contribution in [-0.2, 0) is 14.4 Å². The molecule has 0 unspecified atom stereocenters. The number of aliphatic carboxylic acids is 1. The predicted octanol–water partition coefficient (Wildman–Crippen LogP) is 3.66. The molecule has 6 nitrogen and oxygen atoms in total. The fourth-order valence-electron chi connectivity index (χ4n) is 3.10. The van der Waals surface area contributed by atoms with E-state index >= 15 is 0 Å². The molecule has 0 saturated heterocycles. The highest BCUT2D eigenvalue weighted by molar-refractivity contribution is 6.33. The zero-order valence-electron chi connectivity index (χ0n) is 13.5. The van der Waals surface area contributed by atoms with Crippen molar-refractivity contribution < 1.29 is 19.5 Å². The molecule has 1 aliphatic rings. The summed E-state index contributed by atoms with van der Waals surface area (Å²) in [5.74, 6) is -1.53. The first-order chi connectivity index (χ1) is 11.3. The third-order valence-corrected chi connectivity index (χ3v) is 4.65. The molecule has 1 saturated carbocycles. The standard InChI is InChI=1S/C17H21ClN2O4/c1-11(21)19-14-9-12(5-6-13(14)18)20-15(22)10-17(16(23)24)7-3-2-4-8-17/h5-6,9H,2-4,7-8,10H2,1H3,(H,19,21)(H,20,22)(H,23,24). The Kier molecular flexibility index (Phi) is 5.83. The fraction of sp³-hybridized carbons (Fsp3) is 0.471. The molecule has 0 aromatic heterocycles. The molecule has 0 atom stereocenters. The second-order valence-corrected chi connectivity index (χ2v) is 6.65. The molecule has 0 spiro atoms. The smallest absolute Gasteiger partial charge is 0.310 e. The number of halogens is 1. The van der Waals surface area contributed by atoms with Gasteiger partial charge >= 0.3 is 5.97 Å². The van der Waals surface area contributed by atoms with Gasteiger partial charge < -0.3 is 15.7 Å². The lowest BCUT2D eigenvalue weighted by molar-refractivity contribution is -0.153. The van der Waals surface area contributed by atoms with Gasteiger partial charge in [-0.05, 0) is 31.0 Å². The maximum absolute atomic E-state index is 12.3. The zero-order valence-corrected chi connectivity index (χ0v) is 14.3. The van der Waals surface area contributed by atoms with Crippen molar-refractivity contribution in [2.24, 2.45) is 5.41 Å². The van der Waals surface area contributed by atoms with Crippen molar-refractivity contribution in [2.45, 2.75) is 45.4 Å². The minimum absolute atomic E-state index is 0.0551. The van der Waals surface area contributed by atoms with Crippen molar-refractivity contribution >= 4 is 40.8 Å². The van der Waals surface area contributed by atoms with Crippen LogP contribution < -0.4 is 10.6 Å². The van der Waals surface area contributed by atoms with Crippen molar-refractivity contribution in [1.82, 2.24) is 0 Å². The van der Waals surface area contributed by atoms with Gasteiger partial charge in [0.05, 0.1) is 16.1 Å². The molecule has 1 aromatic carbocycles. The Morgan fingerprint density at radius 3 is 2.42 bits per heavy atom. The molecule has 1 fully saturated rings. The number of hydrogen-bond acceptors (Lipinski definition) is 3. The fourth-order valence-corrected chi connectivity index (χ4v) is 3.26. The number of hydrogen-bond donors (Lipinski definition) is 3. The average molecular weight is 353 g/mol. The summed E-state index contributed by atoms with van der Waals surface area (Å²) in [7, 11) is 0. The van der Waals surface area contributed by atoms with Crippen LogP contribution in [0.15, 0.2) is 18.2 Å².